The Morgan fingerprint density at radius 2 is 1.90 bits per heavy atom. The molecule has 0 aliphatic heterocycles. The number of carbonyl (C=O) groups excluding carboxylic acids is 2. The van der Waals surface area contributed by atoms with E-state index >= 15 is 0 Å². The van der Waals surface area contributed by atoms with E-state index in [0.29, 0.717) is 35.8 Å². The summed E-state index contributed by atoms with van der Waals surface area (Å²) in [5, 5.41) is 5.98. The van der Waals surface area contributed by atoms with Crippen molar-refractivity contribution in [3.63, 3.8) is 0 Å². The number of nitrogens with one attached hydrogen (secondary N) is 2. The first kappa shape index (κ1) is 20.1. The van der Waals surface area contributed by atoms with Crippen molar-refractivity contribution in [3.8, 4) is 0 Å². The van der Waals surface area contributed by atoms with E-state index in [9.17, 15) is 9.59 Å². The molecular formula is C24H28N4O2. The van der Waals surface area contributed by atoms with Crippen LogP contribution in [0.25, 0.3) is 11.0 Å². The predicted octanol–water partition coefficient (Wildman–Crippen LogP) is 4.13. The Morgan fingerprint density at radius 3 is 2.57 bits per heavy atom. The summed E-state index contributed by atoms with van der Waals surface area (Å²) >= 11 is 0. The average Bonchev–Trinajstić information content (AvgIpc) is 3.50. The second kappa shape index (κ2) is 8.30. The van der Waals surface area contributed by atoms with Crippen molar-refractivity contribution in [1.29, 1.82) is 0 Å². The first-order chi connectivity index (χ1) is 14.4. The van der Waals surface area contributed by atoms with Gasteiger partial charge < -0.3 is 15.2 Å². The van der Waals surface area contributed by atoms with Gasteiger partial charge in [0.05, 0.1) is 16.6 Å². The molecule has 3 aromatic rings. The van der Waals surface area contributed by atoms with Gasteiger partial charge in [-0.3, -0.25) is 9.59 Å². The van der Waals surface area contributed by atoms with E-state index in [-0.39, 0.29) is 17.7 Å². The van der Waals surface area contributed by atoms with Gasteiger partial charge in [0, 0.05) is 24.7 Å². The molecule has 1 aromatic heterocycles. The summed E-state index contributed by atoms with van der Waals surface area (Å²) in [4.78, 5) is 30.0. The fraction of sp³-hybridized carbons (Fsp3) is 0.375. The third kappa shape index (κ3) is 4.37. The maximum absolute atomic E-state index is 13.1. The van der Waals surface area contributed by atoms with Crippen molar-refractivity contribution < 1.29 is 9.59 Å². The second-order valence-corrected chi connectivity index (χ2v) is 8.42. The molecule has 1 aliphatic carbocycles. The van der Waals surface area contributed by atoms with Crippen molar-refractivity contribution in [3.05, 3.63) is 59.4 Å². The minimum absolute atomic E-state index is 0.0841. The summed E-state index contributed by atoms with van der Waals surface area (Å²) < 4.78 is 2.07. The molecule has 0 bridgehead atoms. The minimum atomic E-state index is -0.148. The molecule has 6 nitrogen and oxygen atoms in total. The molecule has 0 saturated heterocycles. The largest absolute Gasteiger partial charge is 0.352 e. The van der Waals surface area contributed by atoms with Crippen molar-refractivity contribution >= 4 is 28.5 Å². The van der Waals surface area contributed by atoms with E-state index in [2.05, 4.69) is 27.3 Å². The molecule has 6 heteroatoms. The fourth-order valence-corrected chi connectivity index (χ4v) is 3.53. The van der Waals surface area contributed by atoms with Crippen LogP contribution in [-0.2, 0) is 11.3 Å². The van der Waals surface area contributed by atoms with Crippen molar-refractivity contribution in [2.24, 2.45) is 11.8 Å². The van der Waals surface area contributed by atoms with Gasteiger partial charge in [-0.05, 0) is 43.4 Å². The number of benzene rings is 2. The Hall–Kier alpha value is -3.15. The molecule has 4 rings (SSSR count). The van der Waals surface area contributed by atoms with Crippen molar-refractivity contribution in [1.82, 2.24) is 14.9 Å². The maximum Gasteiger partial charge on any atom is 0.253 e. The van der Waals surface area contributed by atoms with Gasteiger partial charge in [-0.15, -0.1) is 0 Å². The van der Waals surface area contributed by atoms with Crippen LogP contribution in [0.5, 0.6) is 0 Å². The van der Waals surface area contributed by atoms with Crippen molar-refractivity contribution in [2.75, 3.05) is 11.9 Å². The number of nitrogens with zero attached hydrogens (tertiary/aromatic N) is 2. The quantitative estimate of drug-likeness (QED) is 0.622. The number of hydrogen-bond donors (Lipinski definition) is 2. The number of rotatable bonds is 7. The normalized spacial score (nSPS) is 13.6. The fourth-order valence-electron chi connectivity index (χ4n) is 3.53. The highest BCUT2D eigenvalue weighted by Crippen LogP contribution is 2.29. The molecule has 0 unspecified atom stereocenters. The number of anilines is 1. The molecule has 156 valence electrons. The number of amides is 2. The van der Waals surface area contributed by atoms with Crippen LogP contribution in [0.2, 0.25) is 0 Å². The van der Waals surface area contributed by atoms with Gasteiger partial charge in [0.25, 0.3) is 5.91 Å². The van der Waals surface area contributed by atoms with Gasteiger partial charge in [0.1, 0.15) is 5.82 Å². The molecule has 1 heterocycles. The van der Waals surface area contributed by atoms with Gasteiger partial charge in [-0.1, -0.05) is 44.2 Å². The summed E-state index contributed by atoms with van der Waals surface area (Å²) in [6.07, 6.45) is 2.34. The number of hydrogen-bond acceptors (Lipinski definition) is 3. The van der Waals surface area contributed by atoms with Crippen LogP contribution in [0.3, 0.4) is 0 Å². The minimum Gasteiger partial charge on any atom is -0.352 e. The second-order valence-electron chi connectivity index (χ2n) is 8.42. The van der Waals surface area contributed by atoms with Crippen LogP contribution in [0.15, 0.2) is 42.5 Å². The van der Waals surface area contributed by atoms with Crippen LogP contribution in [0.1, 0.15) is 48.4 Å². The lowest BCUT2D eigenvalue weighted by Crippen LogP contribution is -2.26. The van der Waals surface area contributed by atoms with Gasteiger partial charge in [0.2, 0.25) is 5.91 Å². The molecule has 1 fully saturated rings. The van der Waals surface area contributed by atoms with Crippen LogP contribution in [-0.4, -0.2) is 27.9 Å². The number of fused-ring (bicyclic) bond motifs is 1. The number of aryl methyl sites for hydroxylation is 1. The number of imidazole rings is 1. The zero-order valence-corrected chi connectivity index (χ0v) is 17.7. The molecule has 0 spiro atoms. The van der Waals surface area contributed by atoms with Crippen LogP contribution >= 0.6 is 0 Å². The standard InChI is InChI=1S/C24H28N4O2/c1-15(2)23(29)27-19-11-20(24(30)25-13-17-9-10-17)22-21(12-19)26-16(3)28(22)14-18-7-5-4-6-8-18/h4-8,11-12,15,17H,9-10,13-14H2,1-3H3,(H,25,30)(H,27,29). The third-order valence-electron chi connectivity index (χ3n) is 5.50. The van der Waals surface area contributed by atoms with E-state index in [1.54, 1.807) is 6.07 Å². The summed E-state index contributed by atoms with van der Waals surface area (Å²) in [6.45, 7) is 6.95. The number of carbonyl (C=O) groups is 2. The molecule has 30 heavy (non-hydrogen) atoms. The predicted molar refractivity (Wildman–Crippen MR) is 119 cm³/mol. The first-order valence-corrected chi connectivity index (χ1v) is 10.6. The van der Waals surface area contributed by atoms with E-state index in [0.717, 1.165) is 16.9 Å². The summed E-state index contributed by atoms with van der Waals surface area (Å²) in [5.41, 5.74) is 3.79. The van der Waals surface area contributed by atoms with Crippen molar-refractivity contribution in [2.45, 2.75) is 40.2 Å². The zero-order chi connectivity index (χ0) is 21.3. The highest BCUT2D eigenvalue weighted by molar-refractivity contribution is 6.07. The first-order valence-electron chi connectivity index (χ1n) is 10.6. The molecule has 1 saturated carbocycles. The lowest BCUT2D eigenvalue weighted by atomic mass is 10.1. The molecule has 2 N–H and O–H groups in total. The molecular weight excluding hydrogens is 376 g/mol. The van der Waals surface area contributed by atoms with Crippen LogP contribution in [0, 0.1) is 18.8 Å². The number of aromatic nitrogens is 2. The van der Waals surface area contributed by atoms with Gasteiger partial charge in [0.15, 0.2) is 0 Å². The van der Waals surface area contributed by atoms with Crippen LogP contribution in [0.4, 0.5) is 5.69 Å². The average molecular weight is 405 g/mol. The Bertz CT molecular complexity index is 1080. The maximum atomic E-state index is 13.1. The Morgan fingerprint density at radius 1 is 1.17 bits per heavy atom. The van der Waals surface area contributed by atoms with E-state index in [4.69, 9.17) is 4.98 Å². The van der Waals surface area contributed by atoms with Crippen LogP contribution < -0.4 is 10.6 Å². The molecule has 1 aliphatic rings. The molecule has 2 aromatic carbocycles. The molecule has 2 amide bonds. The smallest absolute Gasteiger partial charge is 0.253 e. The highest BCUT2D eigenvalue weighted by Gasteiger charge is 2.24. The zero-order valence-electron chi connectivity index (χ0n) is 17.7. The SMILES string of the molecule is Cc1nc2cc(NC(=O)C(C)C)cc(C(=O)NCC3CC3)c2n1Cc1ccccc1. The van der Waals surface area contributed by atoms with E-state index < -0.39 is 0 Å². The lowest BCUT2D eigenvalue weighted by Gasteiger charge is -2.14. The van der Waals surface area contributed by atoms with Gasteiger partial charge in [-0.25, -0.2) is 4.98 Å². The summed E-state index contributed by atoms with van der Waals surface area (Å²) in [7, 11) is 0. The topological polar surface area (TPSA) is 76.0 Å². The summed E-state index contributed by atoms with van der Waals surface area (Å²) in [5.74, 6) is 1.06. The van der Waals surface area contributed by atoms with E-state index in [1.165, 1.54) is 12.8 Å². The molecule has 0 atom stereocenters. The monoisotopic (exact) mass is 404 g/mol. The Labute approximate surface area is 176 Å². The summed E-state index contributed by atoms with van der Waals surface area (Å²) in [6, 6.07) is 13.8. The Balaban J connectivity index is 1.77. The third-order valence-corrected chi connectivity index (χ3v) is 5.50. The van der Waals surface area contributed by atoms with Gasteiger partial charge >= 0.3 is 0 Å². The van der Waals surface area contributed by atoms with Gasteiger partial charge in [-0.2, -0.15) is 0 Å². The lowest BCUT2D eigenvalue weighted by molar-refractivity contribution is -0.118. The molecule has 0 radical (unpaired) electrons. The highest BCUT2D eigenvalue weighted by atomic mass is 16.2. The van der Waals surface area contributed by atoms with E-state index in [1.807, 2.05) is 45.0 Å². The Kier molecular flexibility index (Phi) is 5.57.